The van der Waals surface area contributed by atoms with Crippen LogP contribution in [-0.4, -0.2) is 35.0 Å². The maximum atomic E-state index is 4.52. The highest BCUT2D eigenvalue weighted by Gasteiger charge is 2.53. The van der Waals surface area contributed by atoms with E-state index in [-0.39, 0.29) is 29.5 Å². The van der Waals surface area contributed by atoms with Crippen LogP contribution in [0.1, 0.15) is 33.3 Å². The number of guanidine groups is 1. The second-order valence-electron chi connectivity index (χ2n) is 7.42. The van der Waals surface area contributed by atoms with Crippen LogP contribution in [0.25, 0.3) is 10.9 Å². The Kier molecular flexibility index (Phi) is 5.42. The Morgan fingerprint density at radius 1 is 1.21 bits per heavy atom. The van der Waals surface area contributed by atoms with Gasteiger partial charge < -0.3 is 10.2 Å². The van der Waals surface area contributed by atoms with Crippen molar-refractivity contribution in [2.45, 2.75) is 39.8 Å². The van der Waals surface area contributed by atoms with Crippen molar-refractivity contribution in [3.8, 4) is 0 Å². The van der Waals surface area contributed by atoms with Crippen LogP contribution in [0, 0.1) is 5.41 Å². The number of likely N-dealkylation sites (tertiary alicyclic amines) is 1. The molecule has 0 saturated carbocycles. The average molecular weight is 438 g/mol. The molecule has 1 fully saturated rings. The van der Waals surface area contributed by atoms with E-state index in [9.17, 15) is 0 Å². The molecular formula is C19H27IN4. The summed E-state index contributed by atoms with van der Waals surface area (Å²) in [6, 6.07) is 10.4. The lowest BCUT2D eigenvalue weighted by Crippen LogP contribution is -2.72. The minimum atomic E-state index is 0. The molecule has 2 heterocycles. The molecule has 5 heteroatoms. The Hall–Kier alpha value is -1.37. The van der Waals surface area contributed by atoms with Crippen LogP contribution in [-0.2, 0) is 6.54 Å². The third-order valence-corrected chi connectivity index (χ3v) is 5.51. The van der Waals surface area contributed by atoms with E-state index in [1.165, 1.54) is 10.9 Å². The van der Waals surface area contributed by atoms with Gasteiger partial charge in [-0.1, -0.05) is 38.1 Å². The van der Waals surface area contributed by atoms with Crippen molar-refractivity contribution in [3.63, 3.8) is 0 Å². The zero-order chi connectivity index (χ0) is 16.7. The zero-order valence-electron chi connectivity index (χ0n) is 15.1. The average Bonchev–Trinajstić information content (AvgIpc) is 2.54. The topological polar surface area (TPSA) is 40.5 Å². The van der Waals surface area contributed by atoms with E-state index < -0.39 is 0 Å². The predicted octanol–water partition coefficient (Wildman–Crippen LogP) is 4.05. The Labute approximate surface area is 161 Å². The quantitative estimate of drug-likeness (QED) is 0.437. The number of aromatic nitrogens is 1. The number of hydrogen-bond acceptors (Lipinski definition) is 2. The molecule has 3 rings (SSSR count). The first-order valence-corrected chi connectivity index (χ1v) is 8.18. The summed E-state index contributed by atoms with van der Waals surface area (Å²) in [4.78, 5) is 11.4. The summed E-state index contributed by atoms with van der Waals surface area (Å²) in [5.41, 5.74) is 2.65. The van der Waals surface area contributed by atoms with Crippen LogP contribution in [0.3, 0.4) is 0 Å². The van der Waals surface area contributed by atoms with Crippen LogP contribution in [0.5, 0.6) is 0 Å². The highest BCUT2D eigenvalue weighted by Crippen LogP contribution is 2.46. The van der Waals surface area contributed by atoms with Crippen LogP contribution in [0.15, 0.2) is 41.5 Å². The maximum Gasteiger partial charge on any atom is 0.194 e. The summed E-state index contributed by atoms with van der Waals surface area (Å²) in [6.07, 6.45) is 1.85. The molecule has 0 aliphatic carbocycles. The molecule has 1 aromatic heterocycles. The monoisotopic (exact) mass is 438 g/mol. The number of fused-ring (bicyclic) bond motifs is 1. The largest absolute Gasteiger partial charge is 0.352 e. The van der Waals surface area contributed by atoms with Gasteiger partial charge in [0.2, 0.25) is 0 Å². The number of aliphatic imine (C=N–C) groups is 1. The Bertz CT molecular complexity index is 747. The summed E-state index contributed by atoms with van der Waals surface area (Å²) in [7, 11) is 1.85. The molecular weight excluding hydrogens is 411 g/mol. The van der Waals surface area contributed by atoms with E-state index in [1.54, 1.807) is 0 Å². The van der Waals surface area contributed by atoms with Gasteiger partial charge in [0.05, 0.1) is 5.52 Å². The van der Waals surface area contributed by atoms with Crippen LogP contribution in [0.2, 0.25) is 0 Å². The van der Waals surface area contributed by atoms with Crippen molar-refractivity contribution < 1.29 is 0 Å². The summed E-state index contributed by atoms with van der Waals surface area (Å²) >= 11 is 0. The van der Waals surface area contributed by atoms with E-state index >= 15 is 0 Å². The highest BCUT2D eigenvalue weighted by atomic mass is 127. The fourth-order valence-electron chi connectivity index (χ4n) is 3.18. The number of rotatable bonds is 2. The molecule has 0 amide bonds. The standard InChI is InChI=1S/C19H26N4.HI/c1-18(2)13-23(19(18,3)4)17(20-5)22-12-15-9-6-8-14-10-7-11-21-16(14)15;/h6-11H,12-13H2,1-5H3,(H,20,22);1H. The van der Waals surface area contributed by atoms with Gasteiger partial charge in [-0.2, -0.15) is 0 Å². The molecule has 0 unspecified atom stereocenters. The first-order valence-electron chi connectivity index (χ1n) is 8.18. The van der Waals surface area contributed by atoms with Crippen LogP contribution < -0.4 is 5.32 Å². The Morgan fingerprint density at radius 3 is 2.54 bits per heavy atom. The molecule has 1 N–H and O–H groups in total. The SMILES string of the molecule is CN=C(NCc1cccc2cccnc12)N1CC(C)(C)C1(C)C.I. The number of nitrogens with one attached hydrogen (secondary N) is 1. The van der Waals surface area contributed by atoms with Gasteiger partial charge in [-0.3, -0.25) is 9.98 Å². The molecule has 130 valence electrons. The fraction of sp³-hybridized carbons (Fsp3) is 0.474. The normalized spacial score (nSPS) is 18.7. The van der Waals surface area contributed by atoms with Crippen molar-refractivity contribution in [1.82, 2.24) is 15.2 Å². The number of para-hydroxylation sites is 1. The lowest BCUT2D eigenvalue weighted by Gasteiger charge is -2.62. The first-order chi connectivity index (χ1) is 10.9. The van der Waals surface area contributed by atoms with E-state index in [4.69, 9.17) is 0 Å². The third kappa shape index (κ3) is 3.10. The third-order valence-electron chi connectivity index (χ3n) is 5.51. The van der Waals surface area contributed by atoms with Crippen molar-refractivity contribution >= 4 is 40.8 Å². The molecule has 0 atom stereocenters. The Balaban J connectivity index is 0.00000208. The van der Waals surface area contributed by atoms with E-state index in [1.807, 2.05) is 19.3 Å². The summed E-state index contributed by atoms with van der Waals surface area (Å²) < 4.78 is 0. The number of hydrogen-bond donors (Lipinski definition) is 1. The highest BCUT2D eigenvalue weighted by molar-refractivity contribution is 14.0. The number of benzene rings is 1. The van der Waals surface area contributed by atoms with Crippen LogP contribution >= 0.6 is 24.0 Å². The van der Waals surface area contributed by atoms with Crippen molar-refractivity contribution in [3.05, 3.63) is 42.1 Å². The molecule has 1 saturated heterocycles. The fourth-order valence-corrected chi connectivity index (χ4v) is 3.18. The number of nitrogens with zero attached hydrogens (tertiary/aromatic N) is 3. The minimum Gasteiger partial charge on any atom is -0.352 e. The number of halogens is 1. The molecule has 1 aliphatic rings. The van der Waals surface area contributed by atoms with Crippen molar-refractivity contribution in [2.24, 2.45) is 10.4 Å². The van der Waals surface area contributed by atoms with E-state index in [0.29, 0.717) is 5.41 Å². The van der Waals surface area contributed by atoms with E-state index in [0.717, 1.165) is 24.6 Å². The minimum absolute atomic E-state index is 0. The smallest absolute Gasteiger partial charge is 0.194 e. The summed E-state index contributed by atoms with van der Waals surface area (Å²) in [5.74, 6) is 0.960. The molecule has 0 spiro atoms. The van der Waals surface area contributed by atoms with Gasteiger partial charge in [-0.15, -0.1) is 24.0 Å². The lowest BCUT2D eigenvalue weighted by molar-refractivity contribution is -0.0667. The zero-order valence-corrected chi connectivity index (χ0v) is 17.5. The second-order valence-corrected chi connectivity index (χ2v) is 7.42. The lowest BCUT2D eigenvalue weighted by atomic mass is 9.65. The molecule has 24 heavy (non-hydrogen) atoms. The summed E-state index contributed by atoms with van der Waals surface area (Å²) in [5, 5.41) is 4.68. The summed E-state index contributed by atoms with van der Waals surface area (Å²) in [6.45, 7) is 10.9. The Morgan fingerprint density at radius 2 is 1.92 bits per heavy atom. The van der Waals surface area contributed by atoms with Crippen molar-refractivity contribution in [2.75, 3.05) is 13.6 Å². The number of pyridine rings is 1. The maximum absolute atomic E-state index is 4.52. The van der Waals surface area contributed by atoms with Gasteiger partial charge in [0, 0.05) is 42.7 Å². The predicted molar refractivity (Wildman–Crippen MR) is 112 cm³/mol. The van der Waals surface area contributed by atoms with Gasteiger partial charge >= 0.3 is 0 Å². The molecule has 1 aliphatic heterocycles. The van der Waals surface area contributed by atoms with Crippen molar-refractivity contribution in [1.29, 1.82) is 0 Å². The van der Waals surface area contributed by atoms with E-state index in [2.05, 4.69) is 72.2 Å². The molecule has 0 bridgehead atoms. The second kappa shape index (κ2) is 6.86. The van der Waals surface area contributed by atoms with Gasteiger partial charge in [0.15, 0.2) is 5.96 Å². The van der Waals surface area contributed by atoms with Gasteiger partial charge in [0.25, 0.3) is 0 Å². The van der Waals surface area contributed by atoms with Gasteiger partial charge in [-0.05, 0) is 25.5 Å². The molecule has 1 aromatic carbocycles. The van der Waals surface area contributed by atoms with Crippen LogP contribution in [0.4, 0.5) is 0 Å². The van der Waals surface area contributed by atoms with Gasteiger partial charge in [0.1, 0.15) is 0 Å². The molecule has 4 nitrogen and oxygen atoms in total. The molecule has 2 aromatic rings. The first kappa shape index (κ1) is 19.0. The molecule has 0 radical (unpaired) electrons. The van der Waals surface area contributed by atoms with Gasteiger partial charge in [-0.25, -0.2) is 0 Å².